The highest BCUT2D eigenvalue weighted by atomic mass is 35.5. The predicted octanol–water partition coefficient (Wildman–Crippen LogP) is 2.90. The van der Waals surface area contributed by atoms with Gasteiger partial charge < -0.3 is 10.2 Å². The lowest BCUT2D eigenvalue weighted by atomic mass is 10.2. The molecular formula is C15H17ClN8O. The molecule has 1 aliphatic rings. The van der Waals surface area contributed by atoms with Crippen LogP contribution in [-0.4, -0.2) is 44.3 Å². The van der Waals surface area contributed by atoms with Gasteiger partial charge in [-0.05, 0) is 42.6 Å². The van der Waals surface area contributed by atoms with Crippen molar-refractivity contribution in [3.63, 3.8) is 0 Å². The molecule has 2 aromatic rings. The lowest BCUT2D eigenvalue weighted by Crippen LogP contribution is -2.41. The van der Waals surface area contributed by atoms with Gasteiger partial charge in [-0.25, -0.2) is 14.5 Å². The summed E-state index contributed by atoms with van der Waals surface area (Å²) in [4.78, 5) is 20.9. The number of urea groups is 1. The van der Waals surface area contributed by atoms with Crippen molar-refractivity contribution in [3.8, 4) is 5.69 Å². The van der Waals surface area contributed by atoms with Crippen molar-refractivity contribution in [2.24, 2.45) is 5.11 Å². The quantitative estimate of drug-likeness (QED) is 0.513. The molecule has 0 aliphatic carbocycles. The van der Waals surface area contributed by atoms with Gasteiger partial charge in [0.25, 0.3) is 0 Å². The van der Waals surface area contributed by atoms with Crippen molar-refractivity contribution >= 4 is 17.6 Å². The molecule has 1 aliphatic heterocycles. The fourth-order valence-electron chi connectivity index (χ4n) is 2.97. The number of nitrogens with zero attached hydrogens (tertiary/aromatic N) is 7. The van der Waals surface area contributed by atoms with Crippen molar-refractivity contribution in [2.45, 2.75) is 32.0 Å². The van der Waals surface area contributed by atoms with Crippen LogP contribution in [0.25, 0.3) is 16.1 Å². The normalized spacial score (nSPS) is 19.5. The summed E-state index contributed by atoms with van der Waals surface area (Å²) in [6, 6.07) is 5.01. The van der Waals surface area contributed by atoms with Crippen LogP contribution in [-0.2, 0) is 6.54 Å². The van der Waals surface area contributed by atoms with Gasteiger partial charge in [-0.3, -0.25) is 0 Å². The molecule has 0 bridgehead atoms. The van der Waals surface area contributed by atoms with Gasteiger partial charge >= 0.3 is 6.03 Å². The zero-order valence-corrected chi connectivity index (χ0v) is 14.3. The summed E-state index contributed by atoms with van der Waals surface area (Å²) in [5, 5.41) is 11.3. The number of halogens is 1. The van der Waals surface area contributed by atoms with Crippen LogP contribution < -0.4 is 5.32 Å². The van der Waals surface area contributed by atoms with Gasteiger partial charge in [0.05, 0.1) is 11.7 Å². The number of amides is 2. The van der Waals surface area contributed by atoms with Crippen molar-refractivity contribution in [3.05, 3.63) is 51.9 Å². The molecular weight excluding hydrogens is 344 g/mol. The second kappa shape index (κ2) is 7.42. The smallest absolute Gasteiger partial charge is 0.317 e. The molecule has 1 fully saturated rings. The summed E-state index contributed by atoms with van der Waals surface area (Å²) in [7, 11) is 0. The maximum absolute atomic E-state index is 12.5. The minimum atomic E-state index is -0.201. The zero-order valence-electron chi connectivity index (χ0n) is 13.6. The number of hydrogen-bond acceptors (Lipinski definition) is 4. The topological polar surface area (TPSA) is 112 Å². The van der Waals surface area contributed by atoms with E-state index >= 15 is 0 Å². The Labute approximate surface area is 149 Å². The third kappa shape index (κ3) is 3.84. The Morgan fingerprint density at radius 1 is 1.56 bits per heavy atom. The second-order valence-corrected chi connectivity index (χ2v) is 6.30. The summed E-state index contributed by atoms with van der Waals surface area (Å²) < 4.78 is 1.62. The number of rotatable bonds is 4. The molecule has 2 amide bonds. The molecule has 9 nitrogen and oxygen atoms in total. The summed E-state index contributed by atoms with van der Waals surface area (Å²) in [5.74, 6) is 0. The van der Waals surface area contributed by atoms with E-state index in [4.69, 9.17) is 17.1 Å². The predicted molar refractivity (Wildman–Crippen MR) is 92.3 cm³/mol. The molecule has 1 N–H and O–H groups in total. The standard InChI is InChI=1S/C15H17ClN8O/c1-10-4-13(21-22-17)7-23(10)15(25)19-6-11-5-12(16)2-3-14(11)24-9-18-8-20-24/h2-3,5,8-10,13H,4,6-7H2,1H3,(H,19,25)/t10?,13-/m0/s1. The second-order valence-electron chi connectivity index (χ2n) is 5.87. The van der Waals surface area contributed by atoms with E-state index in [2.05, 4.69) is 25.4 Å². The van der Waals surface area contributed by atoms with E-state index in [-0.39, 0.29) is 18.1 Å². The number of carbonyl (C=O) groups is 1. The minimum Gasteiger partial charge on any atom is -0.334 e. The highest BCUT2D eigenvalue weighted by molar-refractivity contribution is 6.30. The Hall–Kier alpha value is -2.77. The number of likely N-dealkylation sites (tertiary alicyclic amines) is 1. The zero-order chi connectivity index (χ0) is 17.8. The first kappa shape index (κ1) is 17.1. The third-order valence-electron chi connectivity index (χ3n) is 4.17. The molecule has 2 heterocycles. The third-order valence-corrected chi connectivity index (χ3v) is 4.40. The molecule has 0 saturated carbocycles. The first-order valence-corrected chi connectivity index (χ1v) is 8.18. The molecule has 1 saturated heterocycles. The van der Waals surface area contributed by atoms with Gasteiger partial charge in [-0.2, -0.15) is 5.10 Å². The number of hydrogen-bond donors (Lipinski definition) is 1. The number of benzene rings is 1. The molecule has 10 heteroatoms. The van der Waals surface area contributed by atoms with E-state index in [1.165, 1.54) is 6.33 Å². The Morgan fingerprint density at radius 2 is 2.40 bits per heavy atom. The highest BCUT2D eigenvalue weighted by Crippen LogP contribution is 2.21. The van der Waals surface area contributed by atoms with Gasteiger partial charge in [0.1, 0.15) is 12.7 Å². The van der Waals surface area contributed by atoms with Gasteiger partial charge in [-0.15, -0.1) is 0 Å². The summed E-state index contributed by atoms with van der Waals surface area (Å²) in [5.41, 5.74) is 10.2. The van der Waals surface area contributed by atoms with Crippen LogP contribution >= 0.6 is 11.6 Å². The SMILES string of the molecule is CC1C[C@H](N=[N+]=[N-])CN1C(=O)NCc1cc(Cl)ccc1-n1cncn1. The fraction of sp³-hybridized carbons (Fsp3) is 0.400. The minimum absolute atomic E-state index is 0.0182. The Bertz CT molecular complexity index is 802. The van der Waals surface area contributed by atoms with E-state index in [0.29, 0.717) is 24.5 Å². The maximum atomic E-state index is 12.5. The summed E-state index contributed by atoms with van der Waals surface area (Å²) in [6.45, 7) is 2.65. The number of azide groups is 1. The Morgan fingerprint density at radius 3 is 3.12 bits per heavy atom. The van der Waals surface area contributed by atoms with E-state index in [1.807, 2.05) is 13.0 Å². The highest BCUT2D eigenvalue weighted by Gasteiger charge is 2.31. The maximum Gasteiger partial charge on any atom is 0.317 e. The van der Waals surface area contributed by atoms with Crippen molar-refractivity contribution < 1.29 is 4.79 Å². The molecule has 25 heavy (non-hydrogen) atoms. The molecule has 1 aromatic heterocycles. The monoisotopic (exact) mass is 360 g/mol. The van der Waals surface area contributed by atoms with E-state index in [0.717, 1.165) is 11.3 Å². The fourth-order valence-corrected chi connectivity index (χ4v) is 3.16. The van der Waals surface area contributed by atoms with Crippen molar-refractivity contribution in [2.75, 3.05) is 6.54 Å². The van der Waals surface area contributed by atoms with Crippen LogP contribution in [0, 0.1) is 0 Å². The molecule has 1 aromatic carbocycles. The molecule has 3 rings (SSSR count). The van der Waals surface area contributed by atoms with E-state index < -0.39 is 0 Å². The van der Waals surface area contributed by atoms with E-state index in [1.54, 1.807) is 28.0 Å². The first-order chi connectivity index (χ1) is 12.1. The van der Waals surface area contributed by atoms with Gasteiger partial charge in [-0.1, -0.05) is 16.7 Å². The van der Waals surface area contributed by atoms with Crippen LogP contribution in [0.15, 0.2) is 36.0 Å². The summed E-state index contributed by atoms with van der Waals surface area (Å²) in [6.07, 6.45) is 3.69. The van der Waals surface area contributed by atoms with Crippen LogP contribution in [0.4, 0.5) is 4.79 Å². The molecule has 0 spiro atoms. The molecule has 2 atom stereocenters. The van der Waals surface area contributed by atoms with Gasteiger partial charge in [0.2, 0.25) is 0 Å². The molecule has 0 radical (unpaired) electrons. The van der Waals surface area contributed by atoms with Gasteiger partial charge in [0.15, 0.2) is 0 Å². The van der Waals surface area contributed by atoms with Crippen molar-refractivity contribution in [1.82, 2.24) is 25.0 Å². The average molecular weight is 361 g/mol. The Balaban J connectivity index is 1.70. The van der Waals surface area contributed by atoms with Crippen LogP contribution in [0.3, 0.4) is 0 Å². The molecule has 1 unspecified atom stereocenters. The van der Waals surface area contributed by atoms with Crippen LogP contribution in [0.1, 0.15) is 18.9 Å². The van der Waals surface area contributed by atoms with E-state index in [9.17, 15) is 4.79 Å². The summed E-state index contributed by atoms with van der Waals surface area (Å²) >= 11 is 6.08. The Kier molecular flexibility index (Phi) is 5.06. The lowest BCUT2D eigenvalue weighted by Gasteiger charge is -2.22. The number of nitrogens with one attached hydrogen (secondary N) is 1. The largest absolute Gasteiger partial charge is 0.334 e. The average Bonchev–Trinajstić information content (AvgIpc) is 3.23. The van der Waals surface area contributed by atoms with Crippen LogP contribution in [0.2, 0.25) is 5.02 Å². The first-order valence-electron chi connectivity index (χ1n) is 7.80. The number of aromatic nitrogens is 3. The lowest BCUT2D eigenvalue weighted by molar-refractivity contribution is 0.195. The molecule has 130 valence electrons. The number of carbonyl (C=O) groups excluding carboxylic acids is 1. The van der Waals surface area contributed by atoms with Gasteiger partial charge in [0, 0.05) is 29.1 Å². The van der Waals surface area contributed by atoms with Crippen LogP contribution in [0.5, 0.6) is 0 Å². The van der Waals surface area contributed by atoms with Crippen molar-refractivity contribution in [1.29, 1.82) is 0 Å².